The number of halogens is 1. The van der Waals surface area contributed by atoms with Crippen LogP contribution in [0.4, 0.5) is 0 Å². The van der Waals surface area contributed by atoms with Crippen LogP contribution >= 0.6 is 28.1 Å². The topological polar surface area (TPSA) is 93.1 Å². The van der Waals surface area contributed by atoms with Crippen LogP contribution in [0.2, 0.25) is 0 Å². The van der Waals surface area contributed by atoms with E-state index in [1.54, 1.807) is 0 Å². The minimum Gasteiger partial charge on any atom is -0.133 e. The fraction of sp³-hybridized carbons (Fsp3) is 1.00. The van der Waals surface area contributed by atoms with Crippen molar-refractivity contribution in [3.8, 4) is 0 Å². The average molecular weight is 222 g/mol. The molecule has 0 amide bonds. The highest BCUT2D eigenvalue weighted by molar-refractivity contribution is 7.33. The van der Waals surface area contributed by atoms with Gasteiger partial charge in [-0.2, -0.15) is 0 Å². The van der Waals surface area contributed by atoms with Gasteiger partial charge in [-0.1, -0.05) is 9.05 Å². The summed E-state index contributed by atoms with van der Waals surface area (Å²) in [6.45, 7) is 1.02. The molecule has 0 aliphatic carbocycles. The highest BCUT2D eigenvalue weighted by Crippen LogP contribution is 2.36. The summed E-state index contributed by atoms with van der Waals surface area (Å²) in [5.41, 5.74) is 0. The molecule has 0 fully saturated rings. The summed E-state index contributed by atoms with van der Waals surface area (Å²) >= 11 is 5.19. The maximum absolute atomic E-state index is 9.98. The zero-order valence-electron chi connectivity index (χ0n) is 5.30. The van der Waals surface area contributed by atoms with Crippen LogP contribution in [0.25, 0.3) is 0 Å². The zero-order valence-corrected chi connectivity index (χ0v) is 7.84. The molecule has 64 valence electrons. The van der Waals surface area contributed by atoms with E-state index in [1.807, 2.05) is 0 Å². The van der Waals surface area contributed by atoms with Crippen molar-refractivity contribution in [3.63, 3.8) is 0 Å². The van der Waals surface area contributed by atoms with Gasteiger partial charge in [-0.05, 0) is 11.6 Å². The van der Waals surface area contributed by atoms with E-state index in [9.17, 15) is 9.13 Å². The highest BCUT2D eigenvalue weighted by atomic mass is 35.5. The third kappa shape index (κ3) is 6.72. The molecule has 0 bridgehead atoms. The van der Waals surface area contributed by atoms with E-state index < -0.39 is 21.8 Å². The molecule has 0 saturated heterocycles. The van der Waals surface area contributed by atoms with Crippen molar-refractivity contribution in [2.75, 3.05) is 0 Å². The van der Waals surface area contributed by atoms with Crippen molar-refractivity contribution in [3.05, 3.63) is 0 Å². The molecular weight excluding hydrogens is 217 g/mol. The van der Waals surface area contributed by atoms with Crippen LogP contribution in [0.15, 0.2) is 0 Å². The molecule has 0 heterocycles. The number of hydrogen-bond donors (Lipinski definition) is 2. The van der Waals surface area contributed by atoms with E-state index in [2.05, 4.69) is 9.05 Å². The lowest BCUT2D eigenvalue weighted by Gasteiger charge is -2.02. The Labute approximate surface area is 69.0 Å². The minimum absolute atomic E-state index is 1.02. The van der Waals surface area contributed by atoms with E-state index in [-0.39, 0.29) is 0 Å². The largest absolute Gasteiger partial charge is 0.699 e. The molecule has 6 nitrogen and oxygen atoms in total. The molecule has 2 N–H and O–H groups in total. The quantitative estimate of drug-likeness (QED) is 0.422. The number of hydrogen-bond acceptors (Lipinski definition) is 4. The average Bonchev–Trinajstić information content (AvgIpc) is 1.53. The molecule has 0 aromatic rings. The van der Waals surface area contributed by atoms with Crippen LogP contribution in [0.5, 0.6) is 0 Å². The van der Waals surface area contributed by atoms with Crippen molar-refractivity contribution in [2.24, 2.45) is 0 Å². The smallest absolute Gasteiger partial charge is 0.133 e. The van der Waals surface area contributed by atoms with Crippen LogP contribution in [0, 0.1) is 0 Å². The Morgan fingerprint density at radius 3 is 1.73 bits per heavy atom. The van der Waals surface area contributed by atoms with Gasteiger partial charge in [0.15, 0.2) is 0 Å². The first-order chi connectivity index (χ1) is 4.83. The van der Waals surface area contributed by atoms with Gasteiger partial charge in [0.1, 0.15) is 0 Å². The summed E-state index contributed by atoms with van der Waals surface area (Å²) in [5, 5.41) is -2.05. The Morgan fingerprint density at radius 2 is 1.55 bits per heavy atom. The molecule has 0 spiro atoms. The van der Waals surface area contributed by atoms with Crippen LogP contribution in [0.1, 0.15) is 6.92 Å². The van der Waals surface area contributed by atoms with Crippen molar-refractivity contribution >= 4 is 28.1 Å². The third-order valence-corrected chi connectivity index (χ3v) is 1.86. The molecule has 11 heavy (non-hydrogen) atoms. The fourth-order valence-corrected chi connectivity index (χ4v) is 1.34. The predicted molar refractivity (Wildman–Crippen MR) is 36.1 cm³/mol. The summed E-state index contributed by atoms with van der Waals surface area (Å²) in [6, 6.07) is 0. The zero-order chi connectivity index (χ0) is 9.07. The molecule has 9 heteroatoms. The Kier molecular flexibility index (Phi) is 4.51. The molecule has 0 aromatic carbocycles. The summed E-state index contributed by atoms with van der Waals surface area (Å²) in [7, 11) is -5.93. The fourth-order valence-electron chi connectivity index (χ4n) is 0.296. The Morgan fingerprint density at radius 1 is 1.27 bits per heavy atom. The second-order valence-electron chi connectivity index (χ2n) is 1.49. The number of alkyl halides is 1. The minimum atomic E-state index is -2.97. The molecule has 0 aromatic heterocycles. The van der Waals surface area contributed by atoms with Gasteiger partial charge in [0.25, 0.3) is 0 Å². The summed E-state index contributed by atoms with van der Waals surface area (Å²) in [5.74, 6) is 0. The lowest BCUT2D eigenvalue weighted by Crippen LogP contribution is -2.18. The van der Waals surface area contributed by atoms with Gasteiger partial charge in [-0.3, -0.25) is 0 Å². The van der Waals surface area contributed by atoms with Crippen LogP contribution < -0.4 is 0 Å². The van der Waals surface area contributed by atoms with E-state index in [0.717, 1.165) is 6.92 Å². The van der Waals surface area contributed by atoms with Crippen LogP contribution in [0.3, 0.4) is 0 Å². The van der Waals surface area contributed by atoms with Crippen molar-refractivity contribution in [2.45, 2.75) is 12.2 Å². The first kappa shape index (κ1) is 11.3. The SMILES string of the molecule is CC(Cl)(O[P+](=O)O)O[P+](=O)O. The van der Waals surface area contributed by atoms with Gasteiger partial charge in [0.05, 0.1) is 0 Å². The summed E-state index contributed by atoms with van der Waals surface area (Å²) in [4.78, 5) is 16.3. The normalized spacial score (nSPS) is 18.9. The highest BCUT2D eigenvalue weighted by Gasteiger charge is 2.43. The third-order valence-electron chi connectivity index (χ3n) is 0.482. The summed E-state index contributed by atoms with van der Waals surface area (Å²) < 4.78 is 28.0. The van der Waals surface area contributed by atoms with Crippen LogP contribution in [-0.4, -0.2) is 15.0 Å². The van der Waals surface area contributed by atoms with Gasteiger partial charge in [0, 0.05) is 16.1 Å². The Balaban J connectivity index is 3.99. The molecule has 2 unspecified atom stereocenters. The maximum Gasteiger partial charge on any atom is 0.699 e. The first-order valence-corrected chi connectivity index (χ1v) is 4.87. The molecule has 0 radical (unpaired) electrons. The van der Waals surface area contributed by atoms with Gasteiger partial charge < -0.3 is 0 Å². The predicted octanol–water partition coefficient (Wildman–Crippen LogP) is 1.23. The first-order valence-electron chi connectivity index (χ1n) is 2.23. The van der Waals surface area contributed by atoms with E-state index in [1.165, 1.54) is 0 Å². The molecule has 0 aliphatic heterocycles. The Bertz CT molecular complexity index is 161. The number of rotatable bonds is 4. The van der Waals surface area contributed by atoms with Crippen molar-refractivity contribution in [1.82, 2.24) is 0 Å². The van der Waals surface area contributed by atoms with Gasteiger partial charge in [0.2, 0.25) is 0 Å². The molecule has 0 saturated carbocycles. The van der Waals surface area contributed by atoms with Crippen LogP contribution in [-0.2, 0) is 18.2 Å². The van der Waals surface area contributed by atoms with Gasteiger partial charge in [-0.15, -0.1) is 9.79 Å². The lowest BCUT2D eigenvalue weighted by molar-refractivity contribution is -0.0233. The summed E-state index contributed by atoms with van der Waals surface area (Å²) in [6.07, 6.45) is 0. The van der Waals surface area contributed by atoms with Gasteiger partial charge >= 0.3 is 21.8 Å². The monoisotopic (exact) mass is 222 g/mol. The second kappa shape index (κ2) is 4.38. The molecule has 0 rings (SSSR count). The Hall–Kier alpha value is 0.330. The lowest BCUT2D eigenvalue weighted by atomic mass is 10.8. The van der Waals surface area contributed by atoms with Gasteiger partial charge in [-0.25, -0.2) is 0 Å². The molecular formula is C2H5ClO6P2+2. The molecule has 2 atom stereocenters. The standard InChI is InChI=1S/C2H3ClO6P2/c1-2(3,8-10(4)5)9-11(6)7/h1H3/p+2. The molecule has 0 aliphatic rings. The maximum atomic E-state index is 9.98. The second-order valence-corrected chi connectivity index (χ2v) is 3.50. The van der Waals surface area contributed by atoms with Crippen molar-refractivity contribution in [1.29, 1.82) is 0 Å². The van der Waals surface area contributed by atoms with E-state index >= 15 is 0 Å². The van der Waals surface area contributed by atoms with Crippen molar-refractivity contribution < 1.29 is 28.0 Å². The van der Waals surface area contributed by atoms with E-state index in [4.69, 9.17) is 21.4 Å². The van der Waals surface area contributed by atoms with E-state index in [0.29, 0.717) is 0 Å².